The molecule has 1 atom stereocenters. The summed E-state index contributed by atoms with van der Waals surface area (Å²) in [7, 11) is 1.23. The average Bonchev–Trinajstić information content (AvgIpc) is 2.21. The molecule has 1 N–H and O–H groups in total. The van der Waals surface area contributed by atoms with Crippen LogP contribution in [0.1, 0.15) is 20.8 Å². The third-order valence-electron chi connectivity index (χ3n) is 1.61. The third-order valence-corrected chi connectivity index (χ3v) is 1.61. The zero-order chi connectivity index (χ0) is 12.8. The second-order valence-electron chi connectivity index (χ2n) is 4.12. The van der Waals surface area contributed by atoms with Gasteiger partial charge in [0.15, 0.2) is 6.04 Å². The molecule has 0 spiro atoms. The number of methoxy groups -OCH3 is 1. The fourth-order valence-electron chi connectivity index (χ4n) is 0.844. The summed E-state index contributed by atoms with van der Waals surface area (Å²) in [6.45, 7) is 5.53. The van der Waals surface area contributed by atoms with Gasteiger partial charge in [0.2, 0.25) is 0 Å². The Bertz CT molecular complexity index is 298. The van der Waals surface area contributed by atoms with E-state index in [0.717, 1.165) is 0 Å². The van der Waals surface area contributed by atoms with Crippen LogP contribution in [0.5, 0.6) is 0 Å². The zero-order valence-electron chi connectivity index (χ0n) is 9.99. The minimum Gasteiger partial charge on any atom is -0.467 e. The Morgan fingerprint density at radius 2 is 2.00 bits per heavy atom. The van der Waals surface area contributed by atoms with Crippen LogP contribution in [0.4, 0.5) is 0 Å². The van der Waals surface area contributed by atoms with Gasteiger partial charge < -0.3 is 14.8 Å². The molecule has 0 saturated carbocycles. The highest BCUT2D eigenvalue weighted by atomic mass is 16.5. The molecule has 0 rings (SSSR count). The van der Waals surface area contributed by atoms with E-state index in [1.54, 1.807) is 0 Å². The fourth-order valence-corrected chi connectivity index (χ4v) is 0.844. The standard InChI is InChI=1S/C11H17NO4/c1-6-9(13)12-8(10(14)15-5)7-16-11(2,3)4/h1,8H,7H2,2-5H3,(H,12,13)/t8-/m0/s1. The summed E-state index contributed by atoms with van der Waals surface area (Å²) < 4.78 is 9.90. The normalized spacial score (nSPS) is 12.4. The summed E-state index contributed by atoms with van der Waals surface area (Å²) >= 11 is 0. The van der Waals surface area contributed by atoms with Crippen LogP contribution in [0.2, 0.25) is 0 Å². The zero-order valence-corrected chi connectivity index (χ0v) is 9.99. The van der Waals surface area contributed by atoms with E-state index in [4.69, 9.17) is 11.2 Å². The lowest BCUT2D eigenvalue weighted by Gasteiger charge is -2.23. The molecule has 0 unspecified atom stereocenters. The molecule has 0 aromatic heterocycles. The summed E-state index contributed by atoms with van der Waals surface area (Å²) in [6.07, 6.45) is 4.89. The van der Waals surface area contributed by atoms with Crippen LogP contribution in [0.25, 0.3) is 0 Å². The summed E-state index contributed by atoms with van der Waals surface area (Å²) in [4.78, 5) is 22.3. The van der Waals surface area contributed by atoms with E-state index in [0.29, 0.717) is 0 Å². The Hall–Kier alpha value is -1.54. The molecule has 5 nitrogen and oxygen atoms in total. The van der Waals surface area contributed by atoms with Crippen molar-refractivity contribution in [1.82, 2.24) is 5.32 Å². The molecule has 1 amide bonds. The summed E-state index contributed by atoms with van der Waals surface area (Å²) in [5.41, 5.74) is -0.410. The quantitative estimate of drug-likeness (QED) is 0.546. The smallest absolute Gasteiger partial charge is 0.330 e. The highest BCUT2D eigenvalue weighted by Crippen LogP contribution is 2.07. The number of hydrogen-bond acceptors (Lipinski definition) is 4. The highest BCUT2D eigenvalue weighted by Gasteiger charge is 2.23. The molecular formula is C11H17NO4. The molecule has 0 saturated heterocycles. The maximum Gasteiger partial charge on any atom is 0.330 e. The first kappa shape index (κ1) is 14.5. The lowest BCUT2D eigenvalue weighted by molar-refractivity contribution is -0.148. The van der Waals surface area contributed by atoms with Gasteiger partial charge in [0, 0.05) is 0 Å². The molecule has 0 fully saturated rings. The molecule has 0 aliphatic carbocycles. The van der Waals surface area contributed by atoms with Gasteiger partial charge in [-0.2, -0.15) is 0 Å². The van der Waals surface area contributed by atoms with Crippen molar-refractivity contribution in [2.45, 2.75) is 32.4 Å². The summed E-state index contributed by atoms with van der Waals surface area (Å²) in [5, 5.41) is 2.32. The van der Waals surface area contributed by atoms with Gasteiger partial charge in [-0.25, -0.2) is 4.79 Å². The second-order valence-corrected chi connectivity index (χ2v) is 4.12. The Labute approximate surface area is 95.5 Å². The predicted molar refractivity (Wildman–Crippen MR) is 58.5 cm³/mol. The molecule has 0 aliphatic rings. The molecule has 0 aromatic rings. The number of carbonyl (C=O) groups is 2. The van der Waals surface area contributed by atoms with Gasteiger partial charge in [-0.3, -0.25) is 4.79 Å². The molecule has 0 radical (unpaired) electrons. The first-order chi connectivity index (χ1) is 7.30. The van der Waals surface area contributed by atoms with Gasteiger partial charge >= 0.3 is 5.97 Å². The number of ether oxygens (including phenoxy) is 2. The van der Waals surface area contributed by atoms with Crippen molar-refractivity contribution in [1.29, 1.82) is 0 Å². The molecule has 16 heavy (non-hydrogen) atoms. The minimum absolute atomic E-state index is 0.0175. The van der Waals surface area contributed by atoms with Gasteiger partial charge in [0.1, 0.15) is 0 Å². The Balaban J connectivity index is 4.40. The van der Waals surface area contributed by atoms with Gasteiger partial charge in [0.05, 0.1) is 19.3 Å². The predicted octanol–water partition coefficient (Wildman–Crippen LogP) is 0.0925. The van der Waals surface area contributed by atoms with Crippen LogP contribution < -0.4 is 5.32 Å². The van der Waals surface area contributed by atoms with Gasteiger partial charge in [-0.05, 0) is 26.7 Å². The van der Waals surface area contributed by atoms with Gasteiger partial charge in [0.25, 0.3) is 5.91 Å². The van der Waals surface area contributed by atoms with Crippen LogP contribution in [-0.4, -0.2) is 37.2 Å². The molecule has 5 heteroatoms. The lowest BCUT2D eigenvalue weighted by Crippen LogP contribution is -2.45. The van der Waals surface area contributed by atoms with Crippen LogP contribution in [-0.2, 0) is 19.1 Å². The van der Waals surface area contributed by atoms with Crippen LogP contribution >= 0.6 is 0 Å². The largest absolute Gasteiger partial charge is 0.467 e. The van der Waals surface area contributed by atoms with Crippen molar-refractivity contribution in [3.63, 3.8) is 0 Å². The second kappa shape index (κ2) is 6.13. The number of nitrogens with one attached hydrogen (secondary N) is 1. The van der Waals surface area contributed by atoms with Crippen molar-refractivity contribution in [3.05, 3.63) is 0 Å². The van der Waals surface area contributed by atoms with Crippen molar-refractivity contribution >= 4 is 11.9 Å². The maximum absolute atomic E-state index is 11.3. The first-order valence-electron chi connectivity index (χ1n) is 4.79. The van der Waals surface area contributed by atoms with Crippen LogP contribution in [0.15, 0.2) is 0 Å². The monoisotopic (exact) mass is 227 g/mol. The highest BCUT2D eigenvalue weighted by molar-refractivity contribution is 5.95. The maximum atomic E-state index is 11.3. The van der Waals surface area contributed by atoms with E-state index in [1.165, 1.54) is 7.11 Å². The number of hydrogen-bond donors (Lipinski definition) is 1. The van der Waals surface area contributed by atoms with E-state index in [2.05, 4.69) is 10.1 Å². The van der Waals surface area contributed by atoms with Crippen LogP contribution in [0.3, 0.4) is 0 Å². The van der Waals surface area contributed by atoms with E-state index in [-0.39, 0.29) is 6.61 Å². The lowest BCUT2D eigenvalue weighted by atomic mass is 10.2. The van der Waals surface area contributed by atoms with Gasteiger partial charge in [-0.1, -0.05) is 0 Å². The van der Waals surface area contributed by atoms with Gasteiger partial charge in [-0.15, -0.1) is 6.42 Å². The summed E-state index contributed by atoms with van der Waals surface area (Å²) in [6, 6.07) is -0.882. The Morgan fingerprint density at radius 1 is 1.44 bits per heavy atom. The number of rotatable bonds is 4. The van der Waals surface area contributed by atoms with Crippen molar-refractivity contribution < 1.29 is 19.1 Å². The molecule has 0 aliphatic heterocycles. The average molecular weight is 227 g/mol. The topological polar surface area (TPSA) is 64.6 Å². The first-order valence-corrected chi connectivity index (χ1v) is 4.79. The Morgan fingerprint density at radius 3 is 2.38 bits per heavy atom. The minimum atomic E-state index is -0.882. The molecule has 0 aromatic carbocycles. The van der Waals surface area contributed by atoms with Crippen molar-refractivity contribution in [3.8, 4) is 12.3 Å². The van der Waals surface area contributed by atoms with E-state index in [1.807, 2.05) is 26.7 Å². The Kier molecular flexibility index (Phi) is 5.54. The van der Waals surface area contributed by atoms with Crippen LogP contribution in [0, 0.1) is 12.3 Å². The number of esters is 1. The summed E-state index contributed by atoms with van der Waals surface area (Å²) in [5.74, 6) is 0.595. The third kappa shape index (κ3) is 6.04. The molecular weight excluding hydrogens is 210 g/mol. The fraction of sp³-hybridized carbons (Fsp3) is 0.636. The number of carbonyl (C=O) groups excluding carboxylic acids is 2. The number of amides is 1. The van der Waals surface area contributed by atoms with E-state index in [9.17, 15) is 9.59 Å². The molecule has 0 heterocycles. The SMILES string of the molecule is C#CC(=O)N[C@@H](COC(C)(C)C)C(=O)OC. The van der Waals surface area contributed by atoms with Crippen molar-refractivity contribution in [2.75, 3.05) is 13.7 Å². The van der Waals surface area contributed by atoms with E-state index >= 15 is 0 Å². The van der Waals surface area contributed by atoms with E-state index < -0.39 is 23.5 Å². The molecule has 90 valence electrons. The number of terminal acetylenes is 1. The van der Waals surface area contributed by atoms with Crippen molar-refractivity contribution in [2.24, 2.45) is 0 Å². The molecule has 0 bridgehead atoms.